The average Bonchev–Trinajstić information content (AvgIpc) is 2.39. The van der Waals surface area contributed by atoms with Gasteiger partial charge in [-0.05, 0) is 37.5 Å². The molecule has 1 aromatic carbocycles. The van der Waals surface area contributed by atoms with Gasteiger partial charge in [0.25, 0.3) is 0 Å². The van der Waals surface area contributed by atoms with Gasteiger partial charge < -0.3 is 13.3 Å². The van der Waals surface area contributed by atoms with Crippen molar-refractivity contribution in [3.63, 3.8) is 0 Å². The zero-order valence-corrected chi connectivity index (χ0v) is 12.2. The van der Waals surface area contributed by atoms with Crippen molar-refractivity contribution in [1.82, 2.24) is 0 Å². The van der Waals surface area contributed by atoms with Crippen LogP contribution in [0.5, 0.6) is 0 Å². The molecule has 0 radical (unpaired) electrons. The predicted molar refractivity (Wildman–Crippen MR) is 66.4 cm³/mol. The summed E-state index contributed by atoms with van der Waals surface area (Å²) in [5, 5.41) is 0. The minimum absolute atomic E-state index is 0.173. The minimum Gasteiger partial charge on any atom is -0.379 e. The van der Waals surface area contributed by atoms with Crippen LogP contribution in [0.15, 0.2) is 12.1 Å². The topological polar surface area (TPSA) is 27.7 Å². The van der Waals surface area contributed by atoms with E-state index >= 15 is 0 Å². The Balaban J connectivity index is 2.52. The lowest BCUT2D eigenvalue weighted by molar-refractivity contribution is 0.0908. The smallest absolute Gasteiger partial charge is 0.379 e. The van der Waals surface area contributed by atoms with Crippen LogP contribution in [0.25, 0.3) is 0 Å². The molecule has 0 bridgehead atoms. The molecular weight excluding hydrogens is 277 g/mol. The van der Waals surface area contributed by atoms with Crippen molar-refractivity contribution >= 4 is 9.53 Å². The van der Waals surface area contributed by atoms with Crippen molar-refractivity contribution in [2.75, 3.05) is 14.2 Å². The first kappa shape index (κ1) is 16.2. The lowest BCUT2D eigenvalue weighted by Gasteiger charge is -2.18. The normalized spacial score (nSPS) is 13.0. The van der Waals surface area contributed by atoms with Gasteiger partial charge in [-0.25, -0.2) is 13.2 Å². The first-order valence-electron chi connectivity index (χ1n) is 5.82. The highest BCUT2D eigenvalue weighted by Gasteiger charge is 2.16. The van der Waals surface area contributed by atoms with E-state index in [1.165, 1.54) is 14.2 Å². The maximum atomic E-state index is 13.0. The monoisotopic (exact) mass is 294 g/mol. The van der Waals surface area contributed by atoms with Crippen LogP contribution in [0.2, 0.25) is 0 Å². The molecule has 1 aromatic rings. The molecule has 1 atom stereocenters. The molecule has 1 rings (SSSR count). The lowest BCUT2D eigenvalue weighted by Crippen LogP contribution is -2.28. The molecule has 108 valence electrons. The van der Waals surface area contributed by atoms with Gasteiger partial charge in [0.05, 0.1) is 0 Å². The Bertz CT molecular complexity index is 390. The molecule has 0 amide bonds. The number of benzene rings is 1. The van der Waals surface area contributed by atoms with E-state index in [1.54, 1.807) is 0 Å². The number of rotatable bonds is 7. The highest BCUT2D eigenvalue weighted by Crippen LogP contribution is 2.16. The van der Waals surface area contributed by atoms with E-state index < -0.39 is 27.0 Å². The first-order chi connectivity index (χ1) is 8.97. The van der Waals surface area contributed by atoms with E-state index in [1.807, 2.05) is 6.92 Å². The van der Waals surface area contributed by atoms with E-state index in [4.69, 9.17) is 13.3 Å². The first-order valence-corrected chi connectivity index (χ1v) is 7.23. The fourth-order valence-electron chi connectivity index (χ4n) is 1.59. The van der Waals surface area contributed by atoms with E-state index in [0.717, 1.165) is 12.1 Å². The third kappa shape index (κ3) is 4.94. The summed E-state index contributed by atoms with van der Waals surface area (Å²) in [5.74, 6) is -3.80. The molecule has 7 heteroatoms. The Kier molecular flexibility index (Phi) is 6.50. The third-order valence-corrected chi connectivity index (χ3v) is 4.07. The van der Waals surface area contributed by atoms with Crippen LogP contribution in [0, 0.1) is 17.5 Å². The summed E-state index contributed by atoms with van der Waals surface area (Å²) in [7, 11) is 0.884. The predicted octanol–water partition coefficient (Wildman–Crippen LogP) is 2.45. The Morgan fingerprint density at radius 1 is 1.11 bits per heavy atom. The van der Waals surface area contributed by atoms with Gasteiger partial charge in [0, 0.05) is 20.3 Å². The van der Waals surface area contributed by atoms with Crippen molar-refractivity contribution in [3.8, 4) is 0 Å². The molecule has 0 aliphatic rings. The molecule has 0 fully saturated rings. The second kappa shape index (κ2) is 7.64. The van der Waals surface area contributed by atoms with Crippen LogP contribution < -0.4 is 0 Å². The van der Waals surface area contributed by atoms with Gasteiger partial charge in [0.15, 0.2) is 17.5 Å². The van der Waals surface area contributed by atoms with Crippen molar-refractivity contribution in [3.05, 3.63) is 35.1 Å². The van der Waals surface area contributed by atoms with Crippen molar-refractivity contribution in [2.24, 2.45) is 0 Å². The van der Waals surface area contributed by atoms with Gasteiger partial charge in [-0.2, -0.15) is 0 Å². The second-order valence-corrected chi connectivity index (χ2v) is 5.91. The Labute approximate surface area is 112 Å². The summed E-state index contributed by atoms with van der Waals surface area (Å²) in [6.45, 7) is 1.81. The Hall–Kier alpha value is -0.893. The van der Waals surface area contributed by atoms with Gasteiger partial charge >= 0.3 is 9.53 Å². The molecule has 0 aromatic heterocycles. The quantitative estimate of drug-likeness (QED) is 0.571. The number of hydrogen-bond donors (Lipinski definition) is 0. The zero-order chi connectivity index (χ0) is 14.4. The molecule has 3 nitrogen and oxygen atoms in total. The minimum atomic E-state index is -2.11. The molecule has 0 aliphatic heterocycles. The largest absolute Gasteiger partial charge is 0.483 e. The number of halogens is 3. The highest BCUT2D eigenvalue weighted by molar-refractivity contribution is 6.36. The van der Waals surface area contributed by atoms with Gasteiger partial charge in [-0.1, -0.05) is 0 Å². The Morgan fingerprint density at radius 3 is 2.11 bits per heavy atom. The molecule has 0 spiro atoms. The fraction of sp³-hybridized carbons (Fsp3) is 0.500. The van der Waals surface area contributed by atoms with E-state index in [9.17, 15) is 13.2 Å². The van der Waals surface area contributed by atoms with E-state index in [0.29, 0.717) is 18.4 Å². The molecule has 0 saturated carbocycles. The molecule has 0 aliphatic carbocycles. The maximum Gasteiger partial charge on any atom is 0.483 e. The molecule has 19 heavy (non-hydrogen) atoms. The standard InChI is InChI=1S/C12H17F3O3Si/c1-8(18-19(16-2)17-3)4-5-9-6-10(13)12(15)11(14)7-9/h6-8,19H,4-5H2,1-3H3. The molecule has 0 heterocycles. The summed E-state index contributed by atoms with van der Waals surface area (Å²) < 4.78 is 54.3. The van der Waals surface area contributed by atoms with Crippen molar-refractivity contribution in [1.29, 1.82) is 0 Å². The van der Waals surface area contributed by atoms with E-state index in [2.05, 4.69) is 0 Å². The maximum absolute atomic E-state index is 13.0. The summed E-state index contributed by atoms with van der Waals surface area (Å²) in [4.78, 5) is 0. The van der Waals surface area contributed by atoms with Crippen LogP contribution in [0.1, 0.15) is 18.9 Å². The summed E-state index contributed by atoms with van der Waals surface area (Å²) in [5.41, 5.74) is 0.389. The molecule has 0 saturated heterocycles. The van der Waals surface area contributed by atoms with Crippen molar-refractivity contribution in [2.45, 2.75) is 25.9 Å². The zero-order valence-electron chi connectivity index (χ0n) is 11.1. The van der Waals surface area contributed by atoms with Gasteiger partial charge in [-0.15, -0.1) is 0 Å². The summed E-state index contributed by atoms with van der Waals surface area (Å²) in [6, 6.07) is 1.99. The van der Waals surface area contributed by atoms with E-state index in [-0.39, 0.29) is 6.10 Å². The van der Waals surface area contributed by atoms with Gasteiger partial charge in [0.1, 0.15) is 0 Å². The van der Waals surface area contributed by atoms with Crippen LogP contribution in [0.4, 0.5) is 13.2 Å². The average molecular weight is 294 g/mol. The molecule has 0 N–H and O–H groups in total. The van der Waals surface area contributed by atoms with Crippen LogP contribution in [0.3, 0.4) is 0 Å². The third-order valence-electron chi connectivity index (χ3n) is 2.61. The SMILES string of the molecule is CO[SiH](OC)OC(C)CCc1cc(F)c(F)c(F)c1. The fourth-order valence-corrected chi connectivity index (χ4v) is 2.52. The van der Waals surface area contributed by atoms with Gasteiger partial charge in [-0.3, -0.25) is 0 Å². The summed E-state index contributed by atoms with van der Waals surface area (Å²) in [6.07, 6.45) is 0.734. The second-order valence-electron chi connectivity index (χ2n) is 4.12. The highest BCUT2D eigenvalue weighted by atomic mass is 28.3. The van der Waals surface area contributed by atoms with Crippen molar-refractivity contribution < 1.29 is 26.4 Å². The van der Waals surface area contributed by atoms with Crippen LogP contribution in [-0.2, 0) is 19.7 Å². The number of hydrogen-bond acceptors (Lipinski definition) is 3. The Morgan fingerprint density at radius 2 is 1.63 bits per heavy atom. The molecule has 1 unspecified atom stereocenters. The summed E-state index contributed by atoms with van der Waals surface area (Å²) >= 11 is 0. The van der Waals surface area contributed by atoms with Gasteiger partial charge in [0.2, 0.25) is 0 Å². The molecular formula is C12H17F3O3Si. The lowest BCUT2D eigenvalue weighted by atomic mass is 10.1. The van der Waals surface area contributed by atoms with Crippen LogP contribution in [-0.4, -0.2) is 29.9 Å². The van der Waals surface area contributed by atoms with Crippen LogP contribution >= 0.6 is 0 Å². The number of aryl methyl sites for hydroxylation is 1.